The van der Waals surface area contributed by atoms with Crippen molar-refractivity contribution in [1.29, 1.82) is 0 Å². The average Bonchev–Trinajstić information content (AvgIpc) is 3.06. The minimum absolute atomic E-state index is 0.129. The van der Waals surface area contributed by atoms with Crippen LogP contribution in [0.15, 0.2) is 0 Å². The SMILES string of the molecule is C[C@H](CCC(=O)OC(C)(C)C)[C@H]1CC[C@H]2[C@@H]3[C@H](O)C[C@@H]4C[C@@H](N)CC[C@]4(C)[C@H]3C[C@H](O)[C@]12C. The van der Waals surface area contributed by atoms with E-state index in [-0.39, 0.29) is 41.0 Å². The van der Waals surface area contributed by atoms with Crippen LogP contribution in [0.4, 0.5) is 0 Å². The molecule has 0 radical (unpaired) electrons. The summed E-state index contributed by atoms with van der Waals surface area (Å²) in [4.78, 5) is 12.3. The largest absolute Gasteiger partial charge is 0.460 e. The Morgan fingerprint density at radius 3 is 2.45 bits per heavy atom. The van der Waals surface area contributed by atoms with Crippen molar-refractivity contribution in [3.05, 3.63) is 0 Å². The Morgan fingerprint density at radius 2 is 1.79 bits per heavy atom. The van der Waals surface area contributed by atoms with E-state index in [1.54, 1.807) is 0 Å². The molecule has 5 heteroatoms. The molecule has 33 heavy (non-hydrogen) atoms. The lowest BCUT2D eigenvalue weighted by Gasteiger charge is -2.63. The van der Waals surface area contributed by atoms with Gasteiger partial charge in [0.2, 0.25) is 0 Å². The van der Waals surface area contributed by atoms with E-state index in [9.17, 15) is 15.0 Å². The molecule has 0 saturated heterocycles. The number of hydrogen-bond donors (Lipinski definition) is 3. The van der Waals surface area contributed by atoms with Crippen LogP contribution in [0.3, 0.4) is 0 Å². The zero-order valence-corrected chi connectivity index (χ0v) is 21.8. The van der Waals surface area contributed by atoms with Gasteiger partial charge in [-0.25, -0.2) is 0 Å². The number of nitrogens with two attached hydrogens (primary N) is 1. The van der Waals surface area contributed by atoms with Gasteiger partial charge >= 0.3 is 5.97 Å². The number of aliphatic hydroxyl groups is 2. The lowest BCUT2D eigenvalue weighted by molar-refractivity contribution is -0.202. The first-order chi connectivity index (χ1) is 15.3. The summed E-state index contributed by atoms with van der Waals surface area (Å²) in [5, 5.41) is 23.1. The van der Waals surface area contributed by atoms with Crippen LogP contribution in [0.5, 0.6) is 0 Å². The standard InChI is InChI=1S/C28H49NO4/c1-16(7-10-24(32)33-26(2,3)4)19-8-9-20-25-21(15-23(31)28(19,20)6)27(5)12-11-18(29)13-17(27)14-22(25)30/h16-23,25,30-31H,7-15,29H2,1-6H3/t16-,17+,18+,19-,20+,21+,22-,23+,25+,27+,28-/m1/s1. The number of esters is 1. The third kappa shape index (κ3) is 4.40. The molecule has 5 nitrogen and oxygen atoms in total. The molecule has 4 rings (SSSR count). The molecule has 0 aromatic carbocycles. The maximum absolute atomic E-state index is 12.3. The number of rotatable bonds is 4. The van der Waals surface area contributed by atoms with E-state index in [1.807, 2.05) is 20.8 Å². The maximum atomic E-state index is 12.3. The zero-order valence-electron chi connectivity index (χ0n) is 21.8. The summed E-state index contributed by atoms with van der Waals surface area (Å²) in [6.45, 7) is 12.7. The minimum Gasteiger partial charge on any atom is -0.460 e. The second-order valence-electron chi connectivity index (χ2n) is 13.7. The van der Waals surface area contributed by atoms with Crippen molar-refractivity contribution in [3.63, 3.8) is 0 Å². The van der Waals surface area contributed by atoms with E-state index < -0.39 is 5.60 Å². The Labute approximate surface area is 201 Å². The van der Waals surface area contributed by atoms with E-state index in [0.29, 0.717) is 36.0 Å². The molecule has 0 aromatic heterocycles. The van der Waals surface area contributed by atoms with Gasteiger partial charge in [-0.05, 0) is 118 Å². The Bertz CT molecular complexity index is 734. The second kappa shape index (κ2) is 8.78. The van der Waals surface area contributed by atoms with E-state index >= 15 is 0 Å². The highest BCUT2D eigenvalue weighted by Gasteiger charge is 2.65. The molecule has 4 saturated carbocycles. The molecular formula is C28H49NO4. The molecule has 0 heterocycles. The van der Waals surface area contributed by atoms with Gasteiger partial charge in [-0.15, -0.1) is 0 Å². The molecule has 4 aliphatic rings. The molecule has 0 bridgehead atoms. The van der Waals surface area contributed by atoms with Gasteiger partial charge in [0, 0.05) is 12.5 Å². The van der Waals surface area contributed by atoms with Crippen LogP contribution in [-0.2, 0) is 9.53 Å². The summed E-state index contributed by atoms with van der Waals surface area (Å²) in [5.41, 5.74) is 5.86. The van der Waals surface area contributed by atoms with E-state index in [2.05, 4.69) is 20.8 Å². The predicted octanol–water partition coefficient (Wildman–Crippen LogP) is 4.67. The quantitative estimate of drug-likeness (QED) is 0.527. The van der Waals surface area contributed by atoms with Gasteiger partial charge in [0.1, 0.15) is 5.60 Å². The van der Waals surface area contributed by atoms with Gasteiger partial charge in [-0.3, -0.25) is 4.79 Å². The highest BCUT2D eigenvalue weighted by molar-refractivity contribution is 5.69. The summed E-state index contributed by atoms with van der Waals surface area (Å²) in [5.74, 6) is 2.06. The number of fused-ring (bicyclic) bond motifs is 5. The van der Waals surface area contributed by atoms with E-state index in [1.165, 1.54) is 0 Å². The summed E-state index contributed by atoms with van der Waals surface area (Å²) in [6, 6.07) is 0.257. The Hall–Kier alpha value is -0.650. The van der Waals surface area contributed by atoms with Crippen LogP contribution in [0, 0.1) is 46.3 Å². The van der Waals surface area contributed by atoms with Crippen LogP contribution in [-0.4, -0.2) is 40.0 Å². The minimum atomic E-state index is -0.451. The Balaban J connectivity index is 1.50. The summed E-state index contributed by atoms with van der Waals surface area (Å²) >= 11 is 0. The number of hydrogen-bond acceptors (Lipinski definition) is 5. The van der Waals surface area contributed by atoms with Crippen molar-refractivity contribution in [2.75, 3.05) is 0 Å². The first-order valence-electron chi connectivity index (χ1n) is 13.6. The summed E-state index contributed by atoms with van der Waals surface area (Å²) < 4.78 is 5.53. The van der Waals surface area contributed by atoms with Gasteiger partial charge in [0.05, 0.1) is 12.2 Å². The van der Waals surface area contributed by atoms with Crippen molar-refractivity contribution in [1.82, 2.24) is 0 Å². The Morgan fingerprint density at radius 1 is 1.09 bits per heavy atom. The van der Waals surface area contributed by atoms with Gasteiger partial charge in [0.15, 0.2) is 0 Å². The predicted molar refractivity (Wildman–Crippen MR) is 130 cm³/mol. The summed E-state index contributed by atoms with van der Waals surface area (Å²) in [6.07, 6.45) is 7.61. The molecule has 0 aliphatic heterocycles. The van der Waals surface area contributed by atoms with Gasteiger partial charge in [-0.1, -0.05) is 20.8 Å². The maximum Gasteiger partial charge on any atom is 0.306 e. The molecule has 11 atom stereocenters. The van der Waals surface area contributed by atoms with Gasteiger partial charge < -0.3 is 20.7 Å². The molecule has 0 unspecified atom stereocenters. The van der Waals surface area contributed by atoms with Crippen LogP contribution < -0.4 is 5.73 Å². The fourth-order valence-corrected chi connectivity index (χ4v) is 9.13. The molecule has 190 valence electrons. The zero-order chi connectivity index (χ0) is 24.3. The number of ether oxygens (including phenoxy) is 1. The molecule has 4 aliphatic carbocycles. The monoisotopic (exact) mass is 463 g/mol. The van der Waals surface area contributed by atoms with Crippen molar-refractivity contribution in [2.24, 2.45) is 52.1 Å². The fourth-order valence-electron chi connectivity index (χ4n) is 9.13. The normalized spacial score (nSPS) is 48.4. The van der Waals surface area contributed by atoms with Crippen molar-refractivity contribution < 1.29 is 19.7 Å². The fraction of sp³-hybridized carbons (Fsp3) is 0.964. The van der Waals surface area contributed by atoms with Gasteiger partial charge in [-0.2, -0.15) is 0 Å². The van der Waals surface area contributed by atoms with Crippen molar-refractivity contribution >= 4 is 5.97 Å². The Kier molecular flexibility index (Phi) is 6.77. The molecule has 4 N–H and O–H groups in total. The molecule has 0 amide bonds. The highest BCUT2D eigenvalue weighted by atomic mass is 16.6. The second-order valence-corrected chi connectivity index (χ2v) is 13.7. The highest BCUT2D eigenvalue weighted by Crippen LogP contribution is 2.68. The molecule has 0 aromatic rings. The third-order valence-corrected chi connectivity index (χ3v) is 10.8. The van der Waals surface area contributed by atoms with Crippen LogP contribution >= 0.6 is 0 Å². The molecular weight excluding hydrogens is 414 g/mol. The van der Waals surface area contributed by atoms with Crippen molar-refractivity contribution in [2.45, 2.75) is 123 Å². The average molecular weight is 464 g/mol. The first-order valence-corrected chi connectivity index (χ1v) is 13.6. The lowest BCUT2D eigenvalue weighted by Crippen LogP contribution is -2.62. The number of carbonyl (C=O) groups is 1. The number of carbonyl (C=O) groups excluding carboxylic acids is 1. The smallest absolute Gasteiger partial charge is 0.306 e. The molecule has 4 fully saturated rings. The van der Waals surface area contributed by atoms with E-state index in [4.69, 9.17) is 10.5 Å². The van der Waals surface area contributed by atoms with E-state index in [0.717, 1.165) is 51.4 Å². The van der Waals surface area contributed by atoms with Crippen LogP contribution in [0.1, 0.15) is 99.3 Å². The van der Waals surface area contributed by atoms with Crippen LogP contribution in [0.2, 0.25) is 0 Å². The summed E-state index contributed by atoms with van der Waals surface area (Å²) in [7, 11) is 0. The van der Waals surface area contributed by atoms with Crippen LogP contribution in [0.25, 0.3) is 0 Å². The topological polar surface area (TPSA) is 92.8 Å². The van der Waals surface area contributed by atoms with Crippen molar-refractivity contribution in [3.8, 4) is 0 Å². The third-order valence-electron chi connectivity index (χ3n) is 10.8. The lowest BCUT2D eigenvalue weighted by atomic mass is 9.43. The first kappa shape index (κ1) is 25.4. The van der Waals surface area contributed by atoms with Gasteiger partial charge in [0.25, 0.3) is 0 Å². The molecule has 0 spiro atoms. The number of aliphatic hydroxyl groups excluding tert-OH is 2.